The van der Waals surface area contributed by atoms with Crippen LogP contribution in [0.25, 0.3) is 6.08 Å². The van der Waals surface area contributed by atoms with Crippen LogP contribution in [0.1, 0.15) is 15.9 Å². The van der Waals surface area contributed by atoms with Gasteiger partial charge in [0.15, 0.2) is 0 Å². The molecule has 0 aliphatic carbocycles. The van der Waals surface area contributed by atoms with Crippen LogP contribution in [0.3, 0.4) is 0 Å². The van der Waals surface area contributed by atoms with Gasteiger partial charge in [-0.25, -0.2) is 0 Å². The third kappa shape index (κ3) is 4.11. The molecule has 0 spiro atoms. The average molecular weight is 295 g/mol. The standard InChI is InChI=1S/C16H12N2O4/c19-16(20)13-5-7-14(8-6-13)17-11-1-2-12-3-9-15(10-4-12)18(21)22/h1-11H,(H,19,20)/p-1/b2-1+,17-11?. The molecule has 0 atom stereocenters. The lowest BCUT2D eigenvalue weighted by Gasteiger charge is -2.00. The number of aromatic carboxylic acids is 1. The number of carboxylic acid groups (broad SMARTS) is 1. The number of carboxylic acids is 1. The molecule has 0 fully saturated rings. The highest BCUT2D eigenvalue weighted by Gasteiger charge is 2.01. The second-order valence-corrected chi connectivity index (χ2v) is 4.32. The van der Waals surface area contributed by atoms with Gasteiger partial charge in [-0.2, -0.15) is 0 Å². The minimum atomic E-state index is -1.23. The summed E-state index contributed by atoms with van der Waals surface area (Å²) in [6.45, 7) is 0. The van der Waals surface area contributed by atoms with Crippen molar-refractivity contribution in [3.63, 3.8) is 0 Å². The van der Waals surface area contributed by atoms with Gasteiger partial charge in [0.05, 0.1) is 16.6 Å². The van der Waals surface area contributed by atoms with Gasteiger partial charge in [-0.15, -0.1) is 0 Å². The molecule has 6 nitrogen and oxygen atoms in total. The van der Waals surface area contributed by atoms with Gasteiger partial charge in [0.1, 0.15) is 0 Å². The maximum Gasteiger partial charge on any atom is 0.269 e. The Labute approximate surface area is 126 Å². The summed E-state index contributed by atoms with van der Waals surface area (Å²) >= 11 is 0. The Morgan fingerprint density at radius 2 is 1.68 bits per heavy atom. The Morgan fingerprint density at radius 3 is 2.23 bits per heavy atom. The van der Waals surface area contributed by atoms with E-state index in [1.165, 1.54) is 24.3 Å². The molecule has 22 heavy (non-hydrogen) atoms. The number of benzene rings is 2. The van der Waals surface area contributed by atoms with Gasteiger partial charge in [-0.1, -0.05) is 18.2 Å². The molecule has 0 saturated carbocycles. The van der Waals surface area contributed by atoms with E-state index in [1.54, 1.807) is 42.6 Å². The normalized spacial score (nSPS) is 11.1. The topological polar surface area (TPSA) is 95.6 Å². The number of nitro groups is 1. The maximum absolute atomic E-state index is 10.6. The first-order valence-corrected chi connectivity index (χ1v) is 6.33. The Kier molecular flexibility index (Phi) is 4.77. The summed E-state index contributed by atoms with van der Waals surface area (Å²) in [5.74, 6) is -1.23. The van der Waals surface area contributed by atoms with Gasteiger partial charge in [0, 0.05) is 18.3 Å². The highest BCUT2D eigenvalue weighted by Crippen LogP contribution is 2.14. The second kappa shape index (κ2) is 6.94. The van der Waals surface area contributed by atoms with Gasteiger partial charge in [0.2, 0.25) is 0 Å². The highest BCUT2D eigenvalue weighted by atomic mass is 16.6. The van der Waals surface area contributed by atoms with Crippen LogP contribution in [0.5, 0.6) is 0 Å². The van der Waals surface area contributed by atoms with E-state index in [1.807, 2.05) is 0 Å². The minimum Gasteiger partial charge on any atom is -0.545 e. The van der Waals surface area contributed by atoms with Crippen LogP contribution in [0.2, 0.25) is 0 Å². The molecule has 2 aromatic rings. The zero-order chi connectivity index (χ0) is 15.9. The fourth-order valence-electron chi connectivity index (χ4n) is 1.67. The van der Waals surface area contributed by atoms with E-state index in [2.05, 4.69) is 4.99 Å². The molecule has 0 radical (unpaired) electrons. The Hall–Kier alpha value is -3.28. The van der Waals surface area contributed by atoms with E-state index in [0.29, 0.717) is 5.69 Å². The van der Waals surface area contributed by atoms with Crippen LogP contribution < -0.4 is 5.11 Å². The number of allylic oxidation sites excluding steroid dienone is 1. The SMILES string of the molecule is O=C([O-])c1ccc(N=C/C=C/c2ccc([N+](=O)[O-])cc2)cc1. The molecule has 0 aliphatic heterocycles. The number of nitro benzene ring substituents is 1. The van der Waals surface area contributed by atoms with Crippen molar-refractivity contribution in [3.8, 4) is 0 Å². The van der Waals surface area contributed by atoms with Gasteiger partial charge in [-0.3, -0.25) is 15.1 Å². The van der Waals surface area contributed by atoms with E-state index in [0.717, 1.165) is 5.56 Å². The molecular weight excluding hydrogens is 284 g/mol. The zero-order valence-corrected chi connectivity index (χ0v) is 11.4. The summed E-state index contributed by atoms with van der Waals surface area (Å²) in [6, 6.07) is 12.1. The van der Waals surface area contributed by atoms with E-state index in [-0.39, 0.29) is 11.3 Å². The Morgan fingerprint density at radius 1 is 1.05 bits per heavy atom. The van der Waals surface area contributed by atoms with Gasteiger partial charge in [-0.05, 0) is 41.5 Å². The second-order valence-electron chi connectivity index (χ2n) is 4.32. The molecule has 6 heteroatoms. The predicted molar refractivity (Wildman–Crippen MR) is 81.1 cm³/mol. The van der Waals surface area contributed by atoms with Crippen LogP contribution in [-0.4, -0.2) is 17.1 Å². The van der Waals surface area contributed by atoms with E-state index >= 15 is 0 Å². The summed E-state index contributed by atoms with van der Waals surface area (Å²) < 4.78 is 0. The number of aliphatic imine (C=N–C) groups is 1. The lowest BCUT2D eigenvalue weighted by atomic mass is 10.2. The van der Waals surface area contributed by atoms with Crippen molar-refractivity contribution in [1.82, 2.24) is 0 Å². The number of hydrogen-bond acceptors (Lipinski definition) is 5. The molecular formula is C16H11N2O4-. The van der Waals surface area contributed by atoms with Gasteiger partial charge >= 0.3 is 0 Å². The molecule has 0 aliphatic rings. The van der Waals surface area contributed by atoms with Crippen LogP contribution in [-0.2, 0) is 0 Å². The number of nitrogens with zero attached hydrogens (tertiary/aromatic N) is 2. The molecule has 2 rings (SSSR count). The summed E-state index contributed by atoms with van der Waals surface area (Å²) in [7, 11) is 0. The number of rotatable bonds is 5. The lowest BCUT2D eigenvalue weighted by Crippen LogP contribution is -2.21. The first-order chi connectivity index (χ1) is 10.6. The number of carbonyl (C=O) groups is 1. The summed E-state index contributed by atoms with van der Waals surface area (Å²) in [5.41, 5.74) is 1.56. The van der Waals surface area contributed by atoms with Crippen LogP contribution >= 0.6 is 0 Å². The molecule has 110 valence electrons. The fraction of sp³-hybridized carbons (Fsp3) is 0. The minimum absolute atomic E-state index is 0.0406. The molecule has 0 N–H and O–H groups in total. The predicted octanol–water partition coefficient (Wildman–Crippen LogP) is 2.37. The van der Waals surface area contributed by atoms with Crippen molar-refractivity contribution in [2.75, 3.05) is 0 Å². The Bertz CT molecular complexity index is 666. The highest BCUT2D eigenvalue weighted by molar-refractivity contribution is 5.86. The average Bonchev–Trinajstić information content (AvgIpc) is 2.52. The molecule has 0 aromatic heterocycles. The van der Waals surface area contributed by atoms with E-state index < -0.39 is 10.9 Å². The molecule has 2 aromatic carbocycles. The Balaban J connectivity index is 1.99. The van der Waals surface area contributed by atoms with Gasteiger partial charge in [0.25, 0.3) is 5.69 Å². The monoisotopic (exact) mass is 295 g/mol. The number of carbonyl (C=O) groups excluding carboxylic acids is 1. The molecule has 0 amide bonds. The maximum atomic E-state index is 10.6. The molecule has 0 saturated heterocycles. The summed E-state index contributed by atoms with van der Waals surface area (Å²) in [6.07, 6.45) is 4.99. The first kappa shape index (κ1) is 15.1. The van der Waals surface area contributed by atoms with Crippen molar-refractivity contribution in [2.45, 2.75) is 0 Å². The fourth-order valence-corrected chi connectivity index (χ4v) is 1.67. The molecule has 0 bridgehead atoms. The summed E-state index contributed by atoms with van der Waals surface area (Å²) in [4.78, 5) is 24.8. The van der Waals surface area contributed by atoms with Crippen LogP contribution in [0, 0.1) is 10.1 Å². The van der Waals surface area contributed by atoms with Crippen molar-refractivity contribution in [2.24, 2.45) is 4.99 Å². The van der Waals surface area contributed by atoms with Crippen LogP contribution in [0.4, 0.5) is 11.4 Å². The number of non-ortho nitro benzene ring substituents is 1. The first-order valence-electron chi connectivity index (χ1n) is 6.33. The van der Waals surface area contributed by atoms with Crippen molar-refractivity contribution < 1.29 is 14.8 Å². The van der Waals surface area contributed by atoms with Crippen molar-refractivity contribution >= 4 is 29.6 Å². The van der Waals surface area contributed by atoms with E-state index in [4.69, 9.17) is 0 Å². The zero-order valence-electron chi connectivity index (χ0n) is 11.4. The van der Waals surface area contributed by atoms with Crippen molar-refractivity contribution in [1.29, 1.82) is 0 Å². The molecule has 0 heterocycles. The third-order valence-corrected chi connectivity index (χ3v) is 2.81. The third-order valence-electron chi connectivity index (χ3n) is 2.81. The van der Waals surface area contributed by atoms with Crippen molar-refractivity contribution in [3.05, 3.63) is 75.8 Å². The summed E-state index contributed by atoms with van der Waals surface area (Å²) in [5, 5.41) is 21.1. The largest absolute Gasteiger partial charge is 0.545 e. The van der Waals surface area contributed by atoms with E-state index in [9.17, 15) is 20.0 Å². The quantitative estimate of drug-likeness (QED) is 0.480. The number of hydrogen-bond donors (Lipinski definition) is 0. The molecule has 0 unspecified atom stereocenters. The van der Waals surface area contributed by atoms with Crippen LogP contribution in [0.15, 0.2) is 59.6 Å². The lowest BCUT2D eigenvalue weighted by molar-refractivity contribution is -0.384. The smallest absolute Gasteiger partial charge is 0.269 e. The van der Waals surface area contributed by atoms with Gasteiger partial charge < -0.3 is 9.90 Å².